The first-order valence-electron chi connectivity index (χ1n) is 7.21. The van der Waals surface area contributed by atoms with E-state index in [4.69, 9.17) is 10.00 Å². The number of fused-ring (bicyclic) bond motifs is 1. The van der Waals surface area contributed by atoms with Gasteiger partial charge in [-0.25, -0.2) is 21.6 Å². The first-order chi connectivity index (χ1) is 12.1. The molecule has 0 fully saturated rings. The fourth-order valence-corrected chi connectivity index (χ4v) is 3.63. The normalized spacial score (nSPS) is 19.1. The van der Waals surface area contributed by atoms with Crippen molar-refractivity contribution in [2.45, 2.75) is 17.2 Å². The Balaban J connectivity index is 2.19. The van der Waals surface area contributed by atoms with Crippen LogP contribution in [-0.4, -0.2) is 26.6 Å². The number of carbonyl (C=O) groups excluding carboxylic acids is 1. The Bertz CT molecular complexity index is 1080. The number of carbonyl (C=O) groups is 1. The smallest absolute Gasteiger partial charge is 0.202 e. The summed E-state index contributed by atoms with van der Waals surface area (Å²) in [6.07, 6.45) is -4.17. The number of hydrogen-bond acceptors (Lipinski definition) is 5. The molecule has 1 aliphatic rings. The van der Waals surface area contributed by atoms with Gasteiger partial charge < -0.3 is 4.74 Å². The van der Waals surface area contributed by atoms with Crippen LogP contribution >= 0.6 is 0 Å². The van der Waals surface area contributed by atoms with Crippen LogP contribution in [0.3, 0.4) is 0 Å². The number of ether oxygens (including phenoxy) is 1. The molecule has 1 aliphatic carbocycles. The van der Waals surface area contributed by atoms with E-state index in [0.717, 1.165) is 36.6 Å². The molecule has 26 heavy (non-hydrogen) atoms. The van der Waals surface area contributed by atoms with Crippen LogP contribution in [0.15, 0.2) is 35.2 Å². The van der Waals surface area contributed by atoms with Gasteiger partial charge >= 0.3 is 0 Å². The molecule has 0 aromatic heterocycles. The molecule has 2 atom stereocenters. The number of nitrogens with zero attached hydrogens (tertiary/aromatic N) is 1. The van der Waals surface area contributed by atoms with Gasteiger partial charge in [-0.1, -0.05) is 0 Å². The van der Waals surface area contributed by atoms with Crippen molar-refractivity contribution in [2.75, 3.05) is 6.26 Å². The summed E-state index contributed by atoms with van der Waals surface area (Å²) in [6.45, 7) is 0. The average Bonchev–Trinajstić information content (AvgIpc) is 2.79. The number of ketones is 1. The van der Waals surface area contributed by atoms with Crippen molar-refractivity contribution in [1.82, 2.24) is 0 Å². The van der Waals surface area contributed by atoms with Gasteiger partial charge in [0.05, 0.1) is 16.5 Å². The summed E-state index contributed by atoms with van der Waals surface area (Å²) in [7, 11) is -3.93. The van der Waals surface area contributed by atoms with Crippen LogP contribution in [0.2, 0.25) is 0 Å². The molecule has 0 bridgehead atoms. The second-order valence-electron chi connectivity index (χ2n) is 5.68. The highest BCUT2D eigenvalue weighted by atomic mass is 32.2. The van der Waals surface area contributed by atoms with Gasteiger partial charge in [0.15, 0.2) is 22.2 Å². The topological polar surface area (TPSA) is 84.2 Å². The van der Waals surface area contributed by atoms with Gasteiger partial charge in [0.2, 0.25) is 5.78 Å². The minimum Gasteiger partial charge on any atom is -0.457 e. The van der Waals surface area contributed by atoms with Crippen molar-refractivity contribution in [3.8, 4) is 17.6 Å². The van der Waals surface area contributed by atoms with Gasteiger partial charge in [-0.05, 0) is 24.3 Å². The molecule has 2 aromatic rings. The molecular weight excluding hydrogens is 371 g/mol. The van der Waals surface area contributed by atoms with Gasteiger partial charge in [-0.2, -0.15) is 5.26 Å². The van der Waals surface area contributed by atoms with Crippen LogP contribution in [-0.2, 0) is 9.84 Å². The maximum Gasteiger partial charge on any atom is 0.202 e. The second kappa shape index (κ2) is 6.14. The minimum atomic E-state index is -3.93. The van der Waals surface area contributed by atoms with Crippen molar-refractivity contribution in [3.63, 3.8) is 0 Å². The third kappa shape index (κ3) is 2.93. The van der Waals surface area contributed by atoms with Crippen LogP contribution < -0.4 is 4.74 Å². The zero-order valence-corrected chi connectivity index (χ0v) is 14.0. The Morgan fingerprint density at radius 3 is 2.46 bits per heavy atom. The van der Waals surface area contributed by atoms with E-state index in [1.165, 1.54) is 0 Å². The maximum atomic E-state index is 14.3. The highest BCUT2D eigenvalue weighted by molar-refractivity contribution is 7.90. The van der Waals surface area contributed by atoms with Crippen molar-refractivity contribution >= 4 is 15.6 Å². The predicted octanol–water partition coefficient (Wildman–Crippen LogP) is 3.44. The Hall–Kier alpha value is -2.86. The largest absolute Gasteiger partial charge is 0.457 e. The Labute approximate surface area is 146 Å². The monoisotopic (exact) mass is 381 g/mol. The Kier molecular flexibility index (Phi) is 4.24. The molecule has 0 radical (unpaired) electrons. The summed E-state index contributed by atoms with van der Waals surface area (Å²) in [5.74, 6) is -2.60. The van der Waals surface area contributed by atoms with Crippen molar-refractivity contribution in [2.24, 2.45) is 0 Å². The Morgan fingerprint density at radius 2 is 1.85 bits per heavy atom. The molecule has 0 saturated heterocycles. The van der Waals surface area contributed by atoms with Gasteiger partial charge in [0.25, 0.3) is 0 Å². The van der Waals surface area contributed by atoms with Crippen molar-refractivity contribution in [1.29, 1.82) is 5.26 Å². The number of hydrogen-bond donors (Lipinski definition) is 0. The van der Waals surface area contributed by atoms with Crippen LogP contribution in [0.5, 0.6) is 11.5 Å². The van der Waals surface area contributed by atoms with Crippen LogP contribution in [0.1, 0.15) is 27.7 Å². The Morgan fingerprint density at radius 1 is 1.15 bits per heavy atom. The highest BCUT2D eigenvalue weighted by Crippen LogP contribution is 2.45. The summed E-state index contributed by atoms with van der Waals surface area (Å²) >= 11 is 0. The lowest BCUT2D eigenvalue weighted by atomic mass is 10.1. The predicted molar refractivity (Wildman–Crippen MR) is 83.8 cm³/mol. The molecule has 0 amide bonds. The van der Waals surface area contributed by atoms with Gasteiger partial charge in [-0.15, -0.1) is 0 Å². The van der Waals surface area contributed by atoms with E-state index >= 15 is 0 Å². The van der Waals surface area contributed by atoms with Crippen LogP contribution in [0.4, 0.5) is 13.2 Å². The molecule has 0 aliphatic heterocycles. The molecule has 0 N–H and O–H groups in total. The third-order valence-corrected chi connectivity index (χ3v) is 4.96. The number of halogens is 3. The number of Topliss-reactive ketones (excluding diaryl/α,β-unsaturated/α-hetero) is 1. The van der Waals surface area contributed by atoms with E-state index in [-0.39, 0.29) is 17.1 Å². The molecular formula is C17H10F3NO4S. The number of sulfone groups is 1. The lowest BCUT2D eigenvalue weighted by Gasteiger charge is -2.13. The molecule has 1 unspecified atom stereocenters. The molecule has 2 aromatic carbocycles. The quantitative estimate of drug-likeness (QED) is 0.813. The summed E-state index contributed by atoms with van der Waals surface area (Å²) in [5.41, 5.74) is -1.23. The molecule has 0 saturated carbocycles. The SMILES string of the molecule is CS(=O)(=O)c1ccc(Oc2cc(F)cc(C#N)c2)c2c1C(=O)[C@H](F)C2F. The molecule has 0 spiro atoms. The second-order valence-corrected chi connectivity index (χ2v) is 7.66. The van der Waals surface area contributed by atoms with Crippen molar-refractivity contribution < 1.29 is 31.1 Å². The maximum absolute atomic E-state index is 14.3. The minimum absolute atomic E-state index is 0.0688. The van der Waals surface area contributed by atoms with E-state index in [2.05, 4.69) is 0 Å². The zero-order valence-electron chi connectivity index (χ0n) is 13.2. The molecule has 0 heterocycles. The molecule has 9 heteroatoms. The zero-order chi connectivity index (χ0) is 19.2. The number of nitriles is 1. The van der Waals surface area contributed by atoms with Gasteiger partial charge in [0, 0.05) is 23.4 Å². The van der Waals surface area contributed by atoms with E-state index in [9.17, 15) is 26.4 Å². The summed E-state index contributed by atoms with van der Waals surface area (Å²) in [4.78, 5) is 11.5. The summed E-state index contributed by atoms with van der Waals surface area (Å²) in [5, 5.41) is 8.85. The third-order valence-electron chi connectivity index (χ3n) is 3.82. The summed E-state index contributed by atoms with van der Waals surface area (Å²) < 4.78 is 70.7. The number of benzene rings is 2. The molecule has 3 rings (SSSR count). The van der Waals surface area contributed by atoms with Gasteiger partial charge in [-0.3, -0.25) is 4.79 Å². The fourth-order valence-electron chi connectivity index (χ4n) is 2.74. The lowest BCUT2D eigenvalue weighted by molar-refractivity contribution is 0.0810. The number of rotatable bonds is 3. The van der Waals surface area contributed by atoms with Gasteiger partial charge in [0.1, 0.15) is 17.3 Å². The average molecular weight is 381 g/mol. The van der Waals surface area contributed by atoms with E-state index < -0.39 is 49.8 Å². The van der Waals surface area contributed by atoms with E-state index in [1.54, 1.807) is 6.07 Å². The standard InChI is InChI=1S/C17H10F3NO4S/c1-26(23,24)12-3-2-11(13-14(12)17(22)16(20)15(13)19)25-10-5-8(7-21)4-9(18)6-10/h2-6,15-16H,1H3/t15?,16-/m1/s1. The van der Waals surface area contributed by atoms with Crippen LogP contribution in [0.25, 0.3) is 0 Å². The van der Waals surface area contributed by atoms with Crippen molar-refractivity contribution in [3.05, 3.63) is 52.8 Å². The van der Waals surface area contributed by atoms with Crippen LogP contribution in [0, 0.1) is 17.1 Å². The number of alkyl halides is 2. The first kappa shape index (κ1) is 17.9. The lowest BCUT2D eigenvalue weighted by Crippen LogP contribution is -2.13. The fraction of sp³-hybridized carbons (Fsp3) is 0.176. The molecule has 5 nitrogen and oxygen atoms in total. The first-order valence-corrected chi connectivity index (χ1v) is 9.10. The molecule has 134 valence electrons. The summed E-state index contributed by atoms with van der Waals surface area (Å²) in [6, 6.07) is 6.79. The van der Waals surface area contributed by atoms with E-state index in [0.29, 0.717) is 0 Å². The van der Waals surface area contributed by atoms with E-state index in [1.807, 2.05) is 0 Å². The highest BCUT2D eigenvalue weighted by Gasteiger charge is 2.45.